The van der Waals surface area contributed by atoms with Crippen molar-refractivity contribution >= 4 is 0 Å². The van der Waals surface area contributed by atoms with Gasteiger partial charge in [-0.25, -0.2) is 0 Å². The molecule has 1 rings (SSSR count). The van der Waals surface area contributed by atoms with Gasteiger partial charge in [-0.2, -0.15) is 17.6 Å². The molecule has 0 bridgehead atoms. The van der Waals surface area contributed by atoms with Crippen molar-refractivity contribution in [2.75, 3.05) is 6.61 Å². The summed E-state index contributed by atoms with van der Waals surface area (Å²) in [5.41, 5.74) is 0. The molecule has 5 heteroatoms. The molecule has 0 saturated heterocycles. The summed E-state index contributed by atoms with van der Waals surface area (Å²) in [6.07, 6.45) is 0. The zero-order chi connectivity index (χ0) is 7.07. The first-order chi connectivity index (χ1) is 4.04. The zero-order valence-corrected chi connectivity index (χ0v) is 4.13. The van der Waals surface area contributed by atoms with Crippen LogP contribution in [-0.4, -0.2) is 12.5 Å². The summed E-state index contributed by atoms with van der Waals surface area (Å²) in [7, 11) is 0. The first-order valence-electron chi connectivity index (χ1n) is 2.10. The van der Waals surface area contributed by atoms with Gasteiger partial charge >= 0.3 is 11.9 Å². The molecule has 0 aromatic carbocycles. The molecule has 0 spiro atoms. The lowest BCUT2D eigenvalue weighted by atomic mass is 10.3. The number of ether oxygens (including phenoxy) is 1. The maximum atomic E-state index is 11.8. The third-order valence-electron chi connectivity index (χ3n) is 0.874. The van der Waals surface area contributed by atoms with E-state index in [4.69, 9.17) is 0 Å². The molecule has 9 heavy (non-hydrogen) atoms. The predicted molar refractivity (Wildman–Crippen MR) is 20.1 cm³/mol. The molecule has 0 saturated carbocycles. The number of alkyl halides is 2. The average Bonchev–Trinajstić information content (AvgIpc) is 1.97. The first kappa shape index (κ1) is 6.38. The average molecular weight is 142 g/mol. The Labute approximate surface area is 47.9 Å². The van der Waals surface area contributed by atoms with E-state index in [1.54, 1.807) is 0 Å². The smallest absolute Gasteiger partial charge is 0.338 e. The largest absolute Gasteiger partial charge is 0.462 e. The van der Waals surface area contributed by atoms with E-state index in [0.29, 0.717) is 0 Å². The molecular weight excluding hydrogens is 140 g/mol. The first-order valence-corrected chi connectivity index (χ1v) is 2.10. The minimum absolute atomic E-state index is 1.23. The molecule has 0 unspecified atom stereocenters. The van der Waals surface area contributed by atoms with Crippen LogP contribution in [0.15, 0.2) is 11.8 Å². The van der Waals surface area contributed by atoms with Crippen molar-refractivity contribution in [1.82, 2.24) is 0 Å². The second-order valence-electron chi connectivity index (χ2n) is 1.58. The second-order valence-corrected chi connectivity index (χ2v) is 1.58. The summed E-state index contributed by atoms with van der Waals surface area (Å²) in [5, 5.41) is 0. The van der Waals surface area contributed by atoms with Crippen LogP contribution in [0.25, 0.3) is 0 Å². The summed E-state index contributed by atoms with van der Waals surface area (Å²) >= 11 is 0. The van der Waals surface area contributed by atoms with E-state index in [0.717, 1.165) is 0 Å². The van der Waals surface area contributed by atoms with Crippen molar-refractivity contribution in [1.29, 1.82) is 0 Å². The van der Waals surface area contributed by atoms with Crippen molar-refractivity contribution in [3.63, 3.8) is 0 Å². The molecule has 1 aliphatic heterocycles. The molecular formula is C4H2F4O. The van der Waals surface area contributed by atoms with Crippen LogP contribution in [0.3, 0.4) is 0 Å². The summed E-state index contributed by atoms with van der Waals surface area (Å²) < 4.78 is 50.5. The third kappa shape index (κ3) is 0.863. The summed E-state index contributed by atoms with van der Waals surface area (Å²) in [6, 6.07) is -1.81. The lowest BCUT2D eigenvalue weighted by Crippen LogP contribution is -2.17. The van der Waals surface area contributed by atoms with Crippen LogP contribution in [0, 0.1) is 0 Å². The van der Waals surface area contributed by atoms with Gasteiger partial charge in [0, 0.05) is 0 Å². The van der Waals surface area contributed by atoms with Crippen LogP contribution < -0.4 is 0 Å². The molecule has 0 aromatic heterocycles. The fourth-order valence-electron chi connectivity index (χ4n) is 0.425. The summed E-state index contributed by atoms with van der Waals surface area (Å²) in [6.45, 7) is -1.23. The van der Waals surface area contributed by atoms with Crippen LogP contribution in [0.2, 0.25) is 0 Å². The topological polar surface area (TPSA) is 9.23 Å². The Bertz CT molecular complexity index is 162. The van der Waals surface area contributed by atoms with Crippen LogP contribution in [0.5, 0.6) is 0 Å². The van der Waals surface area contributed by atoms with Gasteiger partial charge in [-0.1, -0.05) is 0 Å². The zero-order valence-electron chi connectivity index (χ0n) is 4.13. The van der Waals surface area contributed by atoms with Crippen LogP contribution in [0.4, 0.5) is 17.6 Å². The highest BCUT2D eigenvalue weighted by atomic mass is 19.3. The van der Waals surface area contributed by atoms with Crippen molar-refractivity contribution in [2.45, 2.75) is 5.92 Å². The molecule has 0 fully saturated rings. The summed E-state index contributed by atoms with van der Waals surface area (Å²) in [5.74, 6) is -5.87. The van der Waals surface area contributed by atoms with Gasteiger partial charge in [0.1, 0.15) is 0 Å². The summed E-state index contributed by atoms with van der Waals surface area (Å²) in [4.78, 5) is 0. The van der Waals surface area contributed by atoms with Gasteiger partial charge in [-0.05, 0) is 0 Å². The quantitative estimate of drug-likeness (QED) is 0.468. The Morgan fingerprint density at radius 2 is 1.89 bits per heavy atom. The van der Waals surface area contributed by atoms with Crippen molar-refractivity contribution in [3.05, 3.63) is 11.8 Å². The predicted octanol–water partition coefficient (Wildman–Crippen LogP) is 1.76. The maximum absolute atomic E-state index is 11.8. The van der Waals surface area contributed by atoms with Gasteiger partial charge in [0.05, 0.1) is 0 Å². The van der Waals surface area contributed by atoms with Gasteiger partial charge in [0.25, 0.3) is 0 Å². The van der Waals surface area contributed by atoms with E-state index in [9.17, 15) is 17.6 Å². The maximum Gasteiger partial charge on any atom is 0.338 e. The van der Waals surface area contributed by atoms with Crippen LogP contribution >= 0.6 is 0 Å². The van der Waals surface area contributed by atoms with Gasteiger partial charge < -0.3 is 4.74 Å². The van der Waals surface area contributed by atoms with E-state index in [-0.39, 0.29) is 0 Å². The lowest BCUT2D eigenvalue weighted by molar-refractivity contribution is -0.0132. The number of hydrogen-bond donors (Lipinski definition) is 0. The second kappa shape index (κ2) is 1.62. The fraction of sp³-hybridized carbons (Fsp3) is 0.500. The highest BCUT2D eigenvalue weighted by molar-refractivity contribution is 5.10. The Morgan fingerprint density at radius 1 is 1.33 bits per heavy atom. The number of rotatable bonds is 0. The van der Waals surface area contributed by atoms with Crippen molar-refractivity contribution in [2.24, 2.45) is 0 Å². The monoisotopic (exact) mass is 142 g/mol. The number of halogens is 4. The van der Waals surface area contributed by atoms with Crippen LogP contribution in [0.1, 0.15) is 0 Å². The van der Waals surface area contributed by atoms with Crippen LogP contribution in [-0.2, 0) is 4.74 Å². The molecule has 1 aliphatic rings. The Balaban J connectivity index is 2.88. The molecule has 0 aliphatic carbocycles. The molecule has 1 nitrogen and oxygen atoms in total. The lowest BCUT2D eigenvalue weighted by Gasteiger charge is -2.01. The Hall–Kier alpha value is -0.740. The van der Waals surface area contributed by atoms with Gasteiger partial charge in [0.2, 0.25) is 5.83 Å². The normalized spacial score (nSPS) is 24.4. The SMILES string of the molecule is FC1=C(F)C(F)(F)CO1. The van der Waals surface area contributed by atoms with Crippen molar-refractivity contribution < 1.29 is 22.3 Å². The Morgan fingerprint density at radius 3 is 2.00 bits per heavy atom. The molecule has 0 amide bonds. The standard InChI is InChI=1S/C4H2F4O/c5-2-3(6)9-1-4(2,7)8/h1H2. The molecule has 0 atom stereocenters. The Kier molecular flexibility index (Phi) is 1.15. The third-order valence-corrected chi connectivity index (χ3v) is 0.874. The molecule has 52 valence electrons. The van der Waals surface area contributed by atoms with Gasteiger partial charge in [0.15, 0.2) is 6.61 Å². The highest BCUT2D eigenvalue weighted by Crippen LogP contribution is 2.35. The molecule has 1 heterocycles. The van der Waals surface area contributed by atoms with Gasteiger partial charge in [-0.3, -0.25) is 0 Å². The van der Waals surface area contributed by atoms with E-state index < -0.39 is 24.4 Å². The highest BCUT2D eigenvalue weighted by Gasteiger charge is 2.45. The van der Waals surface area contributed by atoms with E-state index in [2.05, 4.69) is 4.74 Å². The number of hydrogen-bond acceptors (Lipinski definition) is 1. The molecule has 0 aromatic rings. The van der Waals surface area contributed by atoms with Gasteiger partial charge in [-0.15, -0.1) is 0 Å². The van der Waals surface area contributed by atoms with E-state index in [1.807, 2.05) is 0 Å². The molecule has 0 radical (unpaired) electrons. The molecule has 0 N–H and O–H groups in total. The fourth-order valence-corrected chi connectivity index (χ4v) is 0.425. The minimum atomic E-state index is -3.76. The van der Waals surface area contributed by atoms with E-state index >= 15 is 0 Å². The van der Waals surface area contributed by atoms with Crippen molar-refractivity contribution in [3.8, 4) is 0 Å². The minimum Gasteiger partial charge on any atom is -0.462 e. The van der Waals surface area contributed by atoms with E-state index in [1.165, 1.54) is 0 Å².